The number of rotatable bonds is 2. The highest BCUT2D eigenvalue weighted by atomic mass is 35.5. The van der Waals surface area contributed by atoms with Gasteiger partial charge in [0.2, 0.25) is 0 Å². The summed E-state index contributed by atoms with van der Waals surface area (Å²) in [6, 6.07) is 5.62. The highest BCUT2D eigenvalue weighted by Gasteiger charge is 2.32. The van der Waals surface area contributed by atoms with Crippen LogP contribution in [0.15, 0.2) is 18.2 Å². The third-order valence-corrected chi connectivity index (χ3v) is 5.48. The number of halogens is 1. The van der Waals surface area contributed by atoms with Crippen LogP contribution in [0.2, 0.25) is 5.02 Å². The minimum Gasteiger partial charge on any atom is -0.385 e. The molecule has 0 saturated carbocycles. The van der Waals surface area contributed by atoms with Crippen LogP contribution in [0.1, 0.15) is 40.9 Å². The first kappa shape index (κ1) is 16.4. The van der Waals surface area contributed by atoms with E-state index in [-0.39, 0.29) is 11.8 Å². The van der Waals surface area contributed by atoms with Gasteiger partial charge < -0.3 is 11.1 Å². The van der Waals surface area contributed by atoms with Gasteiger partial charge >= 0.3 is 0 Å². The maximum atomic E-state index is 13.2. The Bertz CT molecular complexity index is 831. The van der Waals surface area contributed by atoms with Crippen LogP contribution in [0.5, 0.6) is 0 Å². The van der Waals surface area contributed by atoms with Crippen molar-refractivity contribution in [1.29, 1.82) is 0 Å². The van der Waals surface area contributed by atoms with Gasteiger partial charge in [-0.15, -0.1) is 0 Å². The molecule has 0 aliphatic carbocycles. The number of anilines is 2. The third-order valence-electron chi connectivity index (χ3n) is 5.25. The molecule has 0 saturated heterocycles. The second-order valence-electron chi connectivity index (χ2n) is 6.68. The van der Waals surface area contributed by atoms with Crippen LogP contribution in [0.4, 0.5) is 11.5 Å². The zero-order chi connectivity index (χ0) is 17.6. The number of nitrogen functional groups attached to an aromatic ring is 1. The summed E-state index contributed by atoms with van der Waals surface area (Å²) in [6.45, 7) is 5.56. The van der Waals surface area contributed by atoms with Crippen LogP contribution in [0, 0.1) is 0 Å². The maximum absolute atomic E-state index is 13.2. The number of nitrogens with one attached hydrogen (secondary N) is 1. The topological polar surface area (TPSA) is 76.2 Å². The van der Waals surface area contributed by atoms with Crippen LogP contribution < -0.4 is 11.1 Å². The fraction of sp³-hybridized carbons (Fsp3) is 0.444. The van der Waals surface area contributed by atoms with Crippen LogP contribution in [0.3, 0.4) is 0 Å². The molecule has 2 aliphatic rings. The lowest BCUT2D eigenvalue weighted by Gasteiger charge is -2.26. The first-order chi connectivity index (χ1) is 12.1. The average Bonchev–Trinajstić information content (AvgIpc) is 2.96. The van der Waals surface area contributed by atoms with Crippen molar-refractivity contribution in [3.05, 3.63) is 40.0 Å². The van der Waals surface area contributed by atoms with Gasteiger partial charge in [0.15, 0.2) is 0 Å². The molecule has 25 heavy (non-hydrogen) atoms. The molecule has 3 heterocycles. The number of carbonyl (C=O) groups excluding carboxylic acids is 1. The second-order valence-corrected chi connectivity index (χ2v) is 7.12. The van der Waals surface area contributed by atoms with Crippen molar-refractivity contribution in [1.82, 2.24) is 14.7 Å². The van der Waals surface area contributed by atoms with Gasteiger partial charge in [0.1, 0.15) is 5.82 Å². The highest BCUT2D eigenvalue weighted by molar-refractivity contribution is 6.30. The number of benzene rings is 1. The number of hydrogen-bond acceptors (Lipinski definition) is 5. The van der Waals surface area contributed by atoms with Gasteiger partial charge in [0, 0.05) is 35.9 Å². The summed E-state index contributed by atoms with van der Waals surface area (Å²) >= 11 is 6.15. The Kier molecular flexibility index (Phi) is 4.17. The van der Waals surface area contributed by atoms with E-state index in [1.54, 1.807) is 0 Å². The van der Waals surface area contributed by atoms with Crippen LogP contribution in [-0.4, -0.2) is 40.2 Å². The van der Waals surface area contributed by atoms with E-state index in [0.717, 1.165) is 55.1 Å². The van der Waals surface area contributed by atoms with Gasteiger partial charge in [0.05, 0.1) is 11.6 Å². The fourth-order valence-electron chi connectivity index (χ4n) is 3.80. The maximum Gasteiger partial charge on any atom is 0.256 e. The summed E-state index contributed by atoms with van der Waals surface area (Å²) < 4.78 is 1.42. The molecule has 0 bridgehead atoms. The van der Waals surface area contributed by atoms with Crippen molar-refractivity contribution in [2.24, 2.45) is 0 Å². The Labute approximate surface area is 151 Å². The Morgan fingerprint density at radius 3 is 3.12 bits per heavy atom. The summed E-state index contributed by atoms with van der Waals surface area (Å²) in [4.78, 5) is 15.5. The molecule has 6 nitrogen and oxygen atoms in total. The standard InChI is InChI=1S/C18H22ClN5O/c1-2-23-8-6-13-16(10-23)22-24(17(13)20)18(25)12-5-7-21-15-4-3-11(19)9-14(12)15/h3-4,9,12,21H,2,5-8,10,20H2,1H3. The number of likely N-dealkylation sites (N-methyl/N-ethyl adjacent to an activating group) is 1. The van der Waals surface area contributed by atoms with E-state index < -0.39 is 0 Å². The summed E-state index contributed by atoms with van der Waals surface area (Å²) in [5.74, 6) is 0.152. The van der Waals surface area contributed by atoms with Crippen molar-refractivity contribution in [3.63, 3.8) is 0 Å². The van der Waals surface area contributed by atoms with E-state index in [1.165, 1.54) is 4.68 Å². The lowest BCUT2D eigenvalue weighted by molar-refractivity contribution is 0.0858. The highest BCUT2D eigenvalue weighted by Crippen LogP contribution is 2.35. The van der Waals surface area contributed by atoms with Crippen molar-refractivity contribution in [2.45, 2.75) is 32.2 Å². The Morgan fingerprint density at radius 1 is 1.48 bits per heavy atom. The lowest BCUT2D eigenvalue weighted by atomic mass is 9.90. The molecule has 2 aromatic rings. The van der Waals surface area contributed by atoms with Crippen LogP contribution in [0.25, 0.3) is 0 Å². The number of fused-ring (bicyclic) bond motifs is 2. The SMILES string of the molecule is CCN1CCc2c(nn(C(=O)C3CCNc4ccc(Cl)cc43)c2N)C1. The smallest absolute Gasteiger partial charge is 0.256 e. The molecule has 1 unspecified atom stereocenters. The minimum absolute atomic E-state index is 0.0695. The average molecular weight is 360 g/mol. The molecule has 0 fully saturated rings. The van der Waals surface area contributed by atoms with Gasteiger partial charge in [-0.2, -0.15) is 9.78 Å². The molecule has 1 atom stereocenters. The Morgan fingerprint density at radius 2 is 2.32 bits per heavy atom. The Hall–Kier alpha value is -2.05. The zero-order valence-corrected chi connectivity index (χ0v) is 15.0. The molecule has 7 heteroatoms. The fourth-order valence-corrected chi connectivity index (χ4v) is 3.98. The van der Waals surface area contributed by atoms with Crippen LogP contribution >= 0.6 is 11.6 Å². The quantitative estimate of drug-likeness (QED) is 0.862. The van der Waals surface area contributed by atoms with Crippen molar-refractivity contribution in [2.75, 3.05) is 30.7 Å². The number of nitrogens with zero attached hydrogens (tertiary/aromatic N) is 3. The van der Waals surface area contributed by atoms with E-state index in [2.05, 4.69) is 22.2 Å². The number of hydrogen-bond donors (Lipinski definition) is 2. The third kappa shape index (κ3) is 2.79. The van der Waals surface area contributed by atoms with Gasteiger partial charge in [-0.05, 0) is 43.1 Å². The van der Waals surface area contributed by atoms with E-state index in [1.807, 2.05) is 18.2 Å². The van der Waals surface area contributed by atoms with Gasteiger partial charge in [-0.1, -0.05) is 18.5 Å². The summed E-state index contributed by atoms with van der Waals surface area (Å²) in [7, 11) is 0. The van der Waals surface area contributed by atoms with Crippen LogP contribution in [-0.2, 0) is 13.0 Å². The number of nitrogens with two attached hydrogens (primary N) is 1. The lowest BCUT2D eigenvalue weighted by Crippen LogP contribution is -2.30. The molecule has 4 rings (SSSR count). The molecular weight excluding hydrogens is 338 g/mol. The predicted octanol–water partition coefficient (Wildman–Crippen LogP) is 2.74. The summed E-state index contributed by atoms with van der Waals surface area (Å²) in [6.07, 6.45) is 1.55. The molecule has 1 aromatic carbocycles. The number of carbonyl (C=O) groups is 1. The predicted molar refractivity (Wildman–Crippen MR) is 99.2 cm³/mol. The molecule has 0 amide bonds. The summed E-state index contributed by atoms with van der Waals surface area (Å²) in [5, 5.41) is 8.52. The largest absolute Gasteiger partial charge is 0.385 e. The molecule has 0 radical (unpaired) electrons. The molecule has 0 spiro atoms. The van der Waals surface area contributed by atoms with Crippen molar-refractivity contribution >= 4 is 29.0 Å². The van der Waals surface area contributed by atoms with Gasteiger partial charge in [-0.3, -0.25) is 9.69 Å². The molecular formula is C18H22ClN5O. The van der Waals surface area contributed by atoms with E-state index in [4.69, 9.17) is 17.3 Å². The molecule has 1 aromatic heterocycles. The molecule has 2 aliphatic heterocycles. The van der Waals surface area contributed by atoms with Crippen molar-refractivity contribution < 1.29 is 4.79 Å². The van der Waals surface area contributed by atoms with E-state index in [9.17, 15) is 4.79 Å². The van der Waals surface area contributed by atoms with E-state index in [0.29, 0.717) is 17.3 Å². The van der Waals surface area contributed by atoms with Crippen molar-refractivity contribution in [3.8, 4) is 0 Å². The monoisotopic (exact) mass is 359 g/mol. The second kappa shape index (κ2) is 6.35. The van der Waals surface area contributed by atoms with Gasteiger partial charge in [0.25, 0.3) is 5.91 Å². The van der Waals surface area contributed by atoms with E-state index >= 15 is 0 Å². The normalized spacial score (nSPS) is 19.8. The Balaban J connectivity index is 1.69. The summed E-state index contributed by atoms with van der Waals surface area (Å²) in [5.41, 5.74) is 10.1. The molecule has 3 N–H and O–H groups in total. The zero-order valence-electron chi connectivity index (χ0n) is 14.3. The minimum atomic E-state index is -0.277. The van der Waals surface area contributed by atoms with Gasteiger partial charge in [-0.25, -0.2) is 0 Å². The first-order valence-electron chi connectivity index (χ1n) is 8.74. The molecule has 132 valence electrons. The first-order valence-corrected chi connectivity index (χ1v) is 9.12. The number of aromatic nitrogens is 2.